The second kappa shape index (κ2) is 6.01. The maximum absolute atomic E-state index is 12.4. The quantitative estimate of drug-likeness (QED) is 0.904. The van der Waals surface area contributed by atoms with E-state index in [2.05, 4.69) is 9.71 Å². The average molecular weight is 326 g/mol. The van der Waals surface area contributed by atoms with Crippen LogP contribution >= 0.6 is 11.6 Å². The number of nitrogens with zero attached hydrogens (tertiary/aromatic N) is 1. The van der Waals surface area contributed by atoms with Crippen molar-refractivity contribution < 1.29 is 8.42 Å². The molecule has 5 nitrogen and oxygen atoms in total. The first-order valence-corrected chi connectivity index (χ1v) is 8.15. The van der Waals surface area contributed by atoms with Gasteiger partial charge in [0, 0.05) is 12.2 Å². The van der Waals surface area contributed by atoms with Crippen LogP contribution in [0.25, 0.3) is 0 Å². The molecule has 0 saturated carbocycles. The zero-order chi connectivity index (χ0) is 15.6. The second-order valence-corrected chi connectivity index (χ2v) is 6.72. The number of aryl methyl sites for hydroxylation is 2. The highest BCUT2D eigenvalue weighted by Gasteiger charge is 2.19. The van der Waals surface area contributed by atoms with Gasteiger partial charge in [0.25, 0.3) is 10.0 Å². The minimum Gasteiger partial charge on any atom is -0.326 e. The molecule has 0 radical (unpaired) electrons. The molecule has 7 heteroatoms. The fraction of sp³-hybridized carbons (Fsp3) is 0.214. The van der Waals surface area contributed by atoms with Crippen LogP contribution in [-0.2, 0) is 16.6 Å². The minimum atomic E-state index is -3.77. The average Bonchev–Trinajstić information content (AvgIpc) is 2.41. The first kappa shape index (κ1) is 15.8. The van der Waals surface area contributed by atoms with Gasteiger partial charge >= 0.3 is 0 Å². The predicted octanol–water partition coefficient (Wildman–Crippen LogP) is 2.61. The number of aromatic nitrogens is 1. The van der Waals surface area contributed by atoms with E-state index < -0.39 is 10.0 Å². The van der Waals surface area contributed by atoms with Crippen molar-refractivity contribution in [1.29, 1.82) is 0 Å². The summed E-state index contributed by atoms with van der Waals surface area (Å²) in [5.41, 5.74) is 8.13. The molecule has 21 heavy (non-hydrogen) atoms. The van der Waals surface area contributed by atoms with Crippen LogP contribution in [0.1, 0.15) is 17.0 Å². The van der Waals surface area contributed by atoms with E-state index in [1.165, 1.54) is 6.07 Å². The lowest BCUT2D eigenvalue weighted by molar-refractivity contribution is 0.601. The van der Waals surface area contributed by atoms with Crippen LogP contribution in [0, 0.1) is 13.8 Å². The van der Waals surface area contributed by atoms with Crippen molar-refractivity contribution in [2.24, 2.45) is 5.73 Å². The van der Waals surface area contributed by atoms with Crippen molar-refractivity contribution in [2.45, 2.75) is 25.3 Å². The Morgan fingerprint density at radius 1 is 1.24 bits per heavy atom. The zero-order valence-corrected chi connectivity index (χ0v) is 13.3. The summed E-state index contributed by atoms with van der Waals surface area (Å²) in [5.74, 6) is 0. The molecule has 2 aromatic rings. The molecular formula is C14H16ClN3O2S. The largest absolute Gasteiger partial charge is 0.326 e. The number of anilines is 1. The summed E-state index contributed by atoms with van der Waals surface area (Å²) in [6.45, 7) is 3.88. The highest BCUT2D eigenvalue weighted by Crippen LogP contribution is 2.25. The molecule has 1 heterocycles. The van der Waals surface area contributed by atoms with Crippen LogP contribution in [0.4, 0.5) is 5.69 Å². The van der Waals surface area contributed by atoms with Crippen molar-refractivity contribution in [1.82, 2.24) is 4.98 Å². The summed E-state index contributed by atoms with van der Waals surface area (Å²) in [6.07, 6.45) is 0. The van der Waals surface area contributed by atoms with Crippen molar-refractivity contribution in [3.8, 4) is 0 Å². The molecule has 2 rings (SSSR count). The number of nitrogens with two attached hydrogens (primary N) is 1. The van der Waals surface area contributed by atoms with Gasteiger partial charge in [0.05, 0.1) is 16.4 Å². The van der Waals surface area contributed by atoms with Crippen molar-refractivity contribution in [3.63, 3.8) is 0 Å². The molecule has 0 aliphatic heterocycles. The normalized spacial score (nSPS) is 11.4. The van der Waals surface area contributed by atoms with Crippen LogP contribution in [0.2, 0.25) is 5.02 Å². The fourth-order valence-corrected chi connectivity index (χ4v) is 3.57. The maximum atomic E-state index is 12.4. The topological polar surface area (TPSA) is 85.1 Å². The predicted molar refractivity (Wildman–Crippen MR) is 83.9 cm³/mol. The van der Waals surface area contributed by atoms with Crippen LogP contribution in [-0.4, -0.2) is 13.4 Å². The highest BCUT2D eigenvalue weighted by molar-refractivity contribution is 7.92. The van der Waals surface area contributed by atoms with E-state index in [-0.39, 0.29) is 9.92 Å². The van der Waals surface area contributed by atoms with Gasteiger partial charge in [-0.25, -0.2) is 8.42 Å². The number of hydrogen-bond acceptors (Lipinski definition) is 4. The minimum absolute atomic E-state index is 0.0151. The maximum Gasteiger partial charge on any atom is 0.263 e. The molecule has 1 aromatic carbocycles. The lowest BCUT2D eigenvalue weighted by Crippen LogP contribution is -2.15. The number of nitrogens with one attached hydrogen (secondary N) is 1. The molecule has 0 aliphatic carbocycles. The molecule has 0 saturated heterocycles. The molecule has 0 aliphatic rings. The third-order valence-electron chi connectivity index (χ3n) is 2.99. The van der Waals surface area contributed by atoms with Crippen LogP contribution in [0.5, 0.6) is 0 Å². The van der Waals surface area contributed by atoms with Crippen LogP contribution < -0.4 is 10.5 Å². The number of hydrogen-bond donors (Lipinski definition) is 2. The molecule has 1 aromatic heterocycles. The van der Waals surface area contributed by atoms with Crippen molar-refractivity contribution in [3.05, 3.63) is 52.3 Å². The number of sulfonamides is 1. The third-order valence-corrected chi connectivity index (χ3v) is 4.84. The Balaban J connectivity index is 2.38. The van der Waals surface area contributed by atoms with E-state index >= 15 is 0 Å². The molecule has 0 amide bonds. The monoisotopic (exact) mass is 325 g/mol. The van der Waals surface area contributed by atoms with Crippen molar-refractivity contribution >= 4 is 27.3 Å². The Hall–Kier alpha value is -1.63. The van der Waals surface area contributed by atoms with Gasteiger partial charge in [-0.15, -0.1) is 0 Å². The molecule has 3 N–H and O–H groups in total. The number of halogens is 1. The van der Waals surface area contributed by atoms with Gasteiger partial charge in [0.1, 0.15) is 4.90 Å². The summed E-state index contributed by atoms with van der Waals surface area (Å²) >= 11 is 6.03. The molecule has 0 atom stereocenters. The Labute approximate surface area is 129 Å². The van der Waals surface area contributed by atoms with E-state index in [1.807, 2.05) is 6.92 Å². The van der Waals surface area contributed by atoms with Gasteiger partial charge in [-0.05, 0) is 43.7 Å². The van der Waals surface area contributed by atoms with E-state index in [0.717, 1.165) is 11.3 Å². The number of rotatable bonds is 4. The summed E-state index contributed by atoms with van der Waals surface area (Å²) in [7, 11) is -3.77. The molecule has 112 valence electrons. The lowest BCUT2D eigenvalue weighted by Gasteiger charge is -2.12. The summed E-state index contributed by atoms with van der Waals surface area (Å²) in [5, 5.41) is 0.142. The van der Waals surface area contributed by atoms with Gasteiger partial charge in [-0.2, -0.15) is 0 Å². The standard InChI is InChI=1S/C14H16ClN3O2S/c1-9-3-5-13(10(2)17-9)18-21(19,20)14-6-4-11(8-16)7-12(14)15/h3-7,18H,8,16H2,1-2H3. The first-order valence-electron chi connectivity index (χ1n) is 6.29. The number of pyridine rings is 1. The van der Waals surface area contributed by atoms with Crippen LogP contribution in [0.3, 0.4) is 0 Å². The Morgan fingerprint density at radius 3 is 2.52 bits per heavy atom. The molecule has 0 spiro atoms. The van der Waals surface area contributed by atoms with E-state index in [9.17, 15) is 8.42 Å². The molecule has 0 unspecified atom stereocenters. The van der Waals surface area contributed by atoms with Gasteiger partial charge < -0.3 is 5.73 Å². The summed E-state index contributed by atoms with van der Waals surface area (Å²) < 4.78 is 27.3. The zero-order valence-electron chi connectivity index (χ0n) is 11.7. The third kappa shape index (κ3) is 3.53. The molecular weight excluding hydrogens is 310 g/mol. The van der Waals surface area contributed by atoms with Gasteiger partial charge in [-0.1, -0.05) is 17.7 Å². The lowest BCUT2D eigenvalue weighted by atomic mass is 10.2. The molecule has 0 bridgehead atoms. The summed E-state index contributed by atoms with van der Waals surface area (Å²) in [4.78, 5) is 4.24. The Morgan fingerprint density at radius 2 is 1.95 bits per heavy atom. The summed E-state index contributed by atoms with van der Waals surface area (Å²) in [6, 6.07) is 8.06. The van der Waals surface area contributed by atoms with Crippen LogP contribution in [0.15, 0.2) is 35.2 Å². The van der Waals surface area contributed by atoms with Gasteiger partial charge in [0.15, 0.2) is 0 Å². The highest BCUT2D eigenvalue weighted by atomic mass is 35.5. The molecule has 0 fully saturated rings. The SMILES string of the molecule is Cc1ccc(NS(=O)(=O)c2ccc(CN)cc2Cl)c(C)n1. The van der Waals surface area contributed by atoms with Gasteiger partial charge in [-0.3, -0.25) is 9.71 Å². The van der Waals surface area contributed by atoms with Gasteiger partial charge in [0.2, 0.25) is 0 Å². The van der Waals surface area contributed by atoms with Crippen molar-refractivity contribution in [2.75, 3.05) is 4.72 Å². The fourth-order valence-electron chi connectivity index (χ4n) is 1.88. The smallest absolute Gasteiger partial charge is 0.263 e. The van der Waals surface area contributed by atoms with E-state index in [0.29, 0.717) is 17.9 Å². The Kier molecular flexibility index (Phi) is 4.51. The van der Waals surface area contributed by atoms with E-state index in [4.69, 9.17) is 17.3 Å². The second-order valence-electron chi connectivity index (χ2n) is 4.66. The Bertz CT molecular complexity index is 776. The first-order chi connectivity index (χ1) is 9.83. The van der Waals surface area contributed by atoms with E-state index in [1.54, 1.807) is 31.2 Å². The number of benzene rings is 1.